The molecule has 18 heavy (non-hydrogen) atoms. The summed E-state index contributed by atoms with van der Waals surface area (Å²) in [6.45, 7) is 0. The molecule has 2 N–H and O–H groups in total. The lowest BCUT2D eigenvalue weighted by Gasteiger charge is -2.00. The summed E-state index contributed by atoms with van der Waals surface area (Å²) in [5, 5.41) is 6.13. The van der Waals surface area contributed by atoms with Crippen molar-refractivity contribution in [3.63, 3.8) is 0 Å². The van der Waals surface area contributed by atoms with Crippen LogP contribution >= 0.6 is 11.8 Å². The number of hydrogen-bond donors (Lipinski definition) is 2. The molecule has 0 saturated heterocycles. The first-order valence-corrected chi connectivity index (χ1v) is 6.42. The monoisotopic (exact) mass is 256 g/mol. The number of fused-ring (bicyclic) bond motifs is 1. The SMILES string of the molecule is CNc1cncc(Sc2cc3ccccc3[nH]2)n1. The molecule has 0 aliphatic rings. The quantitative estimate of drug-likeness (QED) is 0.756. The van der Waals surface area contributed by atoms with Crippen molar-refractivity contribution in [2.75, 3.05) is 12.4 Å². The Hall–Kier alpha value is -2.01. The number of benzene rings is 1. The molecule has 2 aromatic heterocycles. The summed E-state index contributed by atoms with van der Waals surface area (Å²) in [5.41, 5.74) is 1.14. The van der Waals surface area contributed by atoms with Crippen LogP contribution in [0, 0.1) is 0 Å². The van der Waals surface area contributed by atoms with Gasteiger partial charge in [-0.15, -0.1) is 0 Å². The Kier molecular flexibility index (Phi) is 2.90. The Labute approximate surface area is 109 Å². The Morgan fingerprint density at radius 3 is 2.94 bits per heavy atom. The maximum Gasteiger partial charge on any atom is 0.145 e. The van der Waals surface area contributed by atoms with Gasteiger partial charge in [-0.25, -0.2) is 4.98 Å². The van der Waals surface area contributed by atoms with Crippen LogP contribution in [0.2, 0.25) is 0 Å². The molecule has 0 aliphatic carbocycles. The van der Waals surface area contributed by atoms with Gasteiger partial charge in [0.05, 0.1) is 17.4 Å². The summed E-state index contributed by atoms with van der Waals surface area (Å²) < 4.78 is 0. The van der Waals surface area contributed by atoms with Crippen LogP contribution in [0.1, 0.15) is 0 Å². The van der Waals surface area contributed by atoms with E-state index in [1.807, 2.05) is 19.2 Å². The molecule has 0 saturated carbocycles. The molecule has 0 unspecified atom stereocenters. The van der Waals surface area contributed by atoms with Gasteiger partial charge in [0.25, 0.3) is 0 Å². The summed E-state index contributed by atoms with van der Waals surface area (Å²) in [7, 11) is 1.83. The van der Waals surface area contributed by atoms with E-state index < -0.39 is 0 Å². The van der Waals surface area contributed by atoms with Crippen molar-refractivity contribution in [2.45, 2.75) is 10.1 Å². The average molecular weight is 256 g/mol. The minimum atomic E-state index is 0.774. The molecule has 0 amide bonds. The Balaban J connectivity index is 1.91. The highest BCUT2D eigenvalue weighted by molar-refractivity contribution is 7.99. The lowest BCUT2D eigenvalue weighted by molar-refractivity contribution is 1.05. The van der Waals surface area contributed by atoms with Crippen molar-refractivity contribution in [3.8, 4) is 0 Å². The molecular weight excluding hydrogens is 244 g/mol. The Morgan fingerprint density at radius 1 is 1.22 bits per heavy atom. The largest absolute Gasteiger partial charge is 0.372 e. The molecule has 3 aromatic rings. The average Bonchev–Trinajstić information content (AvgIpc) is 2.81. The first-order valence-electron chi connectivity index (χ1n) is 5.60. The first-order chi connectivity index (χ1) is 8.85. The molecule has 0 atom stereocenters. The molecule has 0 bridgehead atoms. The van der Waals surface area contributed by atoms with Gasteiger partial charge in [0.1, 0.15) is 10.8 Å². The van der Waals surface area contributed by atoms with Crippen LogP contribution in [-0.2, 0) is 0 Å². The van der Waals surface area contributed by atoms with Crippen LogP contribution in [-0.4, -0.2) is 22.0 Å². The number of anilines is 1. The number of hydrogen-bond acceptors (Lipinski definition) is 4. The van der Waals surface area contributed by atoms with Crippen molar-refractivity contribution in [2.24, 2.45) is 0 Å². The topological polar surface area (TPSA) is 53.6 Å². The van der Waals surface area contributed by atoms with Gasteiger partial charge in [0.15, 0.2) is 0 Å². The Bertz CT molecular complexity index is 644. The lowest BCUT2D eigenvalue weighted by atomic mass is 10.3. The van der Waals surface area contributed by atoms with Gasteiger partial charge < -0.3 is 10.3 Å². The molecule has 3 rings (SSSR count). The molecule has 0 aliphatic heterocycles. The van der Waals surface area contributed by atoms with Gasteiger partial charge in [0, 0.05) is 18.0 Å². The van der Waals surface area contributed by atoms with E-state index >= 15 is 0 Å². The first kappa shape index (κ1) is 11.1. The second-order valence-corrected chi connectivity index (χ2v) is 4.88. The van der Waals surface area contributed by atoms with Crippen molar-refractivity contribution in [1.29, 1.82) is 0 Å². The third-order valence-electron chi connectivity index (χ3n) is 2.59. The van der Waals surface area contributed by atoms with Crippen LogP contribution in [0.5, 0.6) is 0 Å². The van der Waals surface area contributed by atoms with E-state index in [4.69, 9.17) is 0 Å². The van der Waals surface area contributed by atoms with Crippen LogP contribution < -0.4 is 5.32 Å². The molecule has 5 heteroatoms. The number of para-hydroxylation sites is 1. The minimum Gasteiger partial charge on any atom is -0.372 e. The minimum absolute atomic E-state index is 0.774. The van der Waals surface area contributed by atoms with E-state index in [-0.39, 0.29) is 0 Å². The number of nitrogens with one attached hydrogen (secondary N) is 2. The van der Waals surface area contributed by atoms with E-state index in [0.29, 0.717) is 0 Å². The highest BCUT2D eigenvalue weighted by atomic mass is 32.2. The maximum atomic E-state index is 4.43. The summed E-state index contributed by atoms with van der Waals surface area (Å²) in [5.74, 6) is 0.774. The molecule has 1 aromatic carbocycles. The molecule has 2 heterocycles. The van der Waals surface area contributed by atoms with E-state index in [2.05, 4.69) is 38.5 Å². The van der Waals surface area contributed by atoms with Crippen LogP contribution in [0.25, 0.3) is 10.9 Å². The molecule has 4 nitrogen and oxygen atoms in total. The third-order valence-corrected chi connectivity index (χ3v) is 3.43. The maximum absolute atomic E-state index is 4.43. The van der Waals surface area contributed by atoms with Gasteiger partial charge >= 0.3 is 0 Å². The Morgan fingerprint density at radius 2 is 2.11 bits per heavy atom. The fourth-order valence-electron chi connectivity index (χ4n) is 1.73. The number of H-pyrrole nitrogens is 1. The number of nitrogens with zero attached hydrogens (tertiary/aromatic N) is 2. The fraction of sp³-hybridized carbons (Fsp3) is 0.0769. The third kappa shape index (κ3) is 2.17. The zero-order chi connectivity index (χ0) is 12.4. The van der Waals surface area contributed by atoms with Gasteiger partial charge in [-0.1, -0.05) is 30.0 Å². The standard InChI is InChI=1S/C13H12N4S/c1-14-11-7-15-8-13(17-11)18-12-6-9-4-2-3-5-10(9)16-12/h2-8,16H,1H3,(H,14,17). The highest BCUT2D eigenvalue weighted by Crippen LogP contribution is 2.28. The van der Waals surface area contributed by atoms with Crippen LogP contribution in [0.3, 0.4) is 0 Å². The van der Waals surface area contributed by atoms with Crippen molar-refractivity contribution >= 4 is 28.5 Å². The molecular formula is C13H12N4S. The zero-order valence-corrected chi connectivity index (χ0v) is 10.7. The molecule has 0 radical (unpaired) electrons. The van der Waals surface area contributed by atoms with Gasteiger partial charge in [0.2, 0.25) is 0 Å². The van der Waals surface area contributed by atoms with Crippen LogP contribution in [0.15, 0.2) is 52.8 Å². The summed E-state index contributed by atoms with van der Waals surface area (Å²) in [4.78, 5) is 11.9. The van der Waals surface area contributed by atoms with Crippen molar-refractivity contribution < 1.29 is 0 Å². The van der Waals surface area contributed by atoms with E-state index in [1.54, 1.807) is 24.2 Å². The smallest absolute Gasteiger partial charge is 0.145 e. The summed E-state index contributed by atoms with van der Waals surface area (Å²) >= 11 is 1.57. The van der Waals surface area contributed by atoms with Gasteiger partial charge in [-0.3, -0.25) is 4.98 Å². The van der Waals surface area contributed by atoms with E-state index in [0.717, 1.165) is 21.4 Å². The predicted molar refractivity (Wildman–Crippen MR) is 74.0 cm³/mol. The second-order valence-electron chi connectivity index (χ2n) is 3.82. The summed E-state index contributed by atoms with van der Waals surface area (Å²) in [6, 6.07) is 10.3. The van der Waals surface area contributed by atoms with Crippen molar-refractivity contribution in [3.05, 3.63) is 42.7 Å². The number of aromatic nitrogens is 3. The number of aromatic amines is 1. The van der Waals surface area contributed by atoms with Crippen LogP contribution in [0.4, 0.5) is 5.82 Å². The summed E-state index contributed by atoms with van der Waals surface area (Å²) in [6.07, 6.45) is 3.46. The zero-order valence-electron chi connectivity index (χ0n) is 9.84. The van der Waals surface area contributed by atoms with Crippen molar-refractivity contribution in [1.82, 2.24) is 15.0 Å². The predicted octanol–water partition coefficient (Wildman–Crippen LogP) is 3.15. The normalized spacial score (nSPS) is 10.7. The van der Waals surface area contributed by atoms with E-state index in [1.165, 1.54) is 5.39 Å². The molecule has 90 valence electrons. The van der Waals surface area contributed by atoms with Gasteiger partial charge in [-0.2, -0.15) is 0 Å². The highest BCUT2D eigenvalue weighted by Gasteiger charge is 2.04. The number of rotatable bonds is 3. The molecule has 0 spiro atoms. The fourth-order valence-corrected chi connectivity index (χ4v) is 2.56. The molecule has 0 fully saturated rings. The van der Waals surface area contributed by atoms with Gasteiger partial charge in [-0.05, 0) is 12.1 Å². The second kappa shape index (κ2) is 4.70. The lowest BCUT2D eigenvalue weighted by Crippen LogP contribution is -1.93. The van der Waals surface area contributed by atoms with E-state index in [9.17, 15) is 0 Å².